The predicted molar refractivity (Wildman–Crippen MR) is 135 cm³/mol. The molecule has 3 aromatic rings. The number of carbonyl (C=O) groups excluding carboxylic acids is 1. The molecule has 0 radical (unpaired) electrons. The summed E-state index contributed by atoms with van der Waals surface area (Å²) < 4.78 is 0. The van der Waals surface area contributed by atoms with Crippen molar-refractivity contribution in [3.8, 4) is 0 Å². The first-order chi connectivity index (χ1) is 15.9. The molecule has 2 heterocycles. The Bertz CT molecular complexity index is 1210. The molecule has 1 amide bonds. The maximum Gasteiger partial charge on any atom is 0.255 e. The number of nitrogens with zero attached hydrogens (tertiary/aromatic N) is 3. The molecule has 172 valence electrons. The third-order valence-corrected chi connectivity index (χ3v) is 7.01. The maximum absolute atomic E-state index is 12.9. The van der Waals surface area contributed by atoms with E-state index in [2.05, 4.69) is 14.9 Å². The van der Waals surface area contributed by atoms with E-state index in [0.717, 1.165) is 24.3 Å². The molecule has 1 aliphatic rings. The molecule has 1 N–H and O–H groups in total. The second-order valence-electron chi connectivity index (χ2n) is 7.88. The molecule has 0 aliphatic carbocycles. The molecule has 0 bridgehead atoms. The second kappa shape index (κ2) is 10.6. The van der Waals surface area contributed by atoms with E-state index in [4.69, 9.17) is 23.2 Å². The van der Waals surface area contributed by atoms with E-state index in [-0.39, 0.29) is 17.9 Å². The first-order valence-electron chi connectivity index (χ1n) is 10.6. The number of H-pyrrole nitrogens is 1. The molecule has 1 fully saturated rings. The van der Waals surface area contributed by atoms with Crippen LogP contribution in [0.2, 0.25) is 10.0 Å². The molecule has 0 saturated carbocycles. The lowest BCUT2D eigenvalue weighted by Gasteiger charge is -2.36. The van der Waals surface area contributed by atoms with E-state index in [1.165, 1.54) is 11.8 Å². The highest BCUT2D eigenvalue weighted by Crippen LogP contribution is 2.22. The Hall–Kier alpha value is -2.48. The third-order valence-electron chi connectivity index (χ3n) is 5.60. The van der Waals surface area contributed by atoms with Crippen molar-refractivity contribution in [2.45, 2.75) is 24.3 Å². The van der Waals surface area contributed by atoms with Crippen LogP contribution in [-0.4, -0.2) is 47.0 Å². The van der Waals surface area contributed by atoms with E-state index >= 15 is 0 Å². The SMILES string of the molecule is Cc1nc(SCc2cccc(Cl)c2)[nH]c(=O)c1CC(=O)N1CCN(c2cccc(Cl)c2)CC1. The van der Waals surface area contributed by atoms with E-state index in [9.17, 15) is 9.59 Å². The van der Waals surface area contributed by atoms with Crippen molar-refractivity contribution in [3.63, 3.8) is 0 Å². The van der Waals surface area contributed by atoms with Gasteiger partial charge in [0.1, 0.15) is 0 Å². The van der Waals surface area contributed by atoms with Gasteiger partial charge < -0.3 is 14.8 Å². The van der Waals surface area contributed by atoms with Crippen molar-refractivity contribution in [3.05, 3.63) is 85.8 Å². The Morgan fingerprint density at radius 1 is 1.06 bits per heavy atom. The summed E-state index contributed by atoms with van der Waals surface area (Å²) in [4.78, 5) is 36.9. The highest BCUT2D eigenvalue weighted by molar-refractivity contribution is 7.98. The highest BCUT2D eigenvalue weighted by Gasteiger charge is 2.23. The van der Waals surface area contributed by atoms with Gasteiger partial charge in [-0.1, -0.05) is 53.2 Å². The number of carbonyl (C=O) groups is 1. The van der Waals surface area contributed by atoms with Gasteiger partial charge in [-0.05, 0) is 42.8 Å². The number of aryl methyl sites for hydroxylation is 1. The normalized spacial score (nSPS) is 13.9. The van der Waals surface area contributed by atoms with Crippen molar-refractivity contribution in [1.29, 1.82) is 0 Å². The first-order valence-corrected chi connectivity index (χ1v) is 12.4. The van der Waals surface area contributed by atoms with Crippen molar-refractivity contribution in [2.24, 2.45) is 0 Å². The summed E-state index contributed by atoms with van der Waals surface area (Å²) in [5.41, 5.74) is 2.84. The van der Waals surface area contributed by atoms with Crippen LogP contribution in [0.15, 0.2) is 58.5 Å². The molecule has 33 heavy (non-hydrogen) atoms. The number of aromatic amines is 1. The van der Waals surface area contributed by atoms with Crippen LogP contribution < -0.4 is 10.5 Å². The maximum atomic E-state index is 12.9. The number of nitrogens with one attached hydrogen (secondary N) is 1. The average Bonchev–Trinajstić information content (AvgIpc) is 2.80. The fraction of sp³-hybridized carbons (Fsp3) is 0.292. The van der Waals surface area contributed by atoms with Crippen LogP contribution in [0.3, 0.4) is 0 Å². The predicted octanol–water partition coefficient (Wildman–Crippen LogP) is 4.57. The Kier molecular flexibility index (Phi) is 7.63. The van der Waals surface area contributed by atoms with Gasteiger partial charge in [0.15, 0.2) is 5.16 Å². The molecule has 1 aromatic heterocycles. The van der Waals surface area contributed by atoms with E-state index in [0.29, 0.717) is 45.3 Å². The third kappa shape index (κ3) is 6.10. The van der Waals surface area contributed by atoms with Gasteiger partial charge in [-0.25, -0.2) is 4.98 Å². The second-order valence-corrected chi connectivity index (χ2v) is 9.72. The number of thioether (sulfide) groups is 1. The molecule has 0 spiro atoms. The van der Waals surface area contributed by atoms with Gasteiger partial charge in [-0.2, -0.15) is 0 Å². The Labute approximate surface area is 206 Å². The molecule has 2 aromatic carbocycles. The summed E-state index contributed by atoms with van der Waals surface area (Å²) in [6.45, 7) is 4.42. The van der Waals surface area contributed by atoms with Crippen molar-refractivity contribution < 1.29 is 4.79 Å². The number of hydrogen-bond acceptors (Lipinski definition) is 5. The number of rotatable bonds is 6. The lowest BCUT2D eigenvalue weighted by Crippen LogP contribution is -2.49. The van der Waals surface area contributed by atoms with E-state index in [1.54, 1.807) is 6.92 Å². The number of hydrogen-bond donors (Lipinski definition) is 1. The summed E-state index contributed by atoms with van der Waals surface area (Å²) in [5, 5.41) is 1.90. The fourth-order valence-corrected chi connectivity index (χ4v) is 5.04. The fourth-order valence-electron chi connectivity index (χ4n) is 3.79. The molecule has 1 aliphatic heterocycles. The minimum Gasteiger partial charge on any atom is -0.368 e. The van der Waals surface area contributed by atoms with Crippen LogP contribution in [0.1, 0.15) is 16.8 Å². The molecule has 6 nitrogen and oxygen atoms in total. The van der Waals surface area contributed by atoms with Gasteiger partial charge in [0.05, 0.1) is 6.42 Å². The van der Waals surface area contributed by atoms with Gasteiger partial charge in [0, 0.05) is 58.9 Å². The zero-order chi connectivity index (χ0) is 23.4. The van der Waals surface area contributed by atoms with Crippen LogP contribution in [-0.2, 0) is 17.0 Å². The number of halogens is 2. The van der Waals surface area contributed by atoms with Crippen LogP contribution in [0.5, 0.6) is 0 Å². The van der Waals surface area contributed by atoms with Crippen molar-refractivity contribution in [2.75, 3.05) is 31.1 Å². The summed E-state index contributed by atoms with van der Waals surface area (Å²) in [5.74, 6) is 0.577. The lowest BCUT2D eigenvalue weighted by atomic mass is 10.1. The number of piperazine rings is 1. The molecule has 0 atom stereocenters. The standard InChI is InChI=1S/C24H24Cl2N4O2S/c1-16-21(23(32)28-24(27-16)33-15-17-4-2-5-18(25)12-17)14-22(31)30-10-8-29(9-11-30)20-7-3-6-19(26)13-20/h2-7,12-13H,8-11,14-15H2,1H3,(H,27,28,32). The summed E-state index contributed by atoms with van der Waals surface area (Å²) in [7, 11) is 0. The van der Waals surface area contributed by atoms with Crippen LogP contribution >= 0.6 is 35.0 Å². The van der Waals surface area contributed by atoms with Crippen molar-refractivity contribution >= 4 is 46.6 Å². The highest BCUT2D eigenvalue weighted by atomic mass is 35.5. The van der Waals surface area contributed by atoms with Crippen LogP contribution in [0.4, 0.5) is 5.69 Å². The number of aromatic nitrogens is 2. The lowest BCUT2D eigenvalue weighted by molar-refractivity contribution is -0.130. The zero-order valence-electron chi connectivity index (χ0n) is 18.2. The Balaban J connectivity index is 1.35. The van der Waals surface area contributed by atoms with Gasteiger partial charge in [-0.3, -0.25) is 9.59 Å². The first kappa shape index (κ1) is 23.7. The quantitative estimate of drug-likeness (QED) is 0.394. The average molecular weight is 503 g/mol. The minimum atomic E-state index is -0.262. The molecule has 1 saturated heterocycles. The zero-order valence-corrected chi connectivity index (χ0v) is 20.5. The molecular weight excluding hydrogens is 479 g/mol. The molecule has 0 unspecified atom stereocenters. The largest absolute Gasteiger partial charge is 0.368 e. The van der Waals surface area contributed by atoms with Gasteiger partial charge in [0.2, 0.25) is 5.91 Å². The molecule has 4 rings (SSSR count). The van der Waals surface area contributed by atoms with Crippen LogP contribution in [0, 0.1) is 6.92 Å². The Morgan fingerprint density at radius 2 is 1.76 bits per heavy atom. The summed E-state index contributed by atoms with van der Waals surface area (Å²) in [6.07, 6.45) is 0.0462. The summed E-state index contributed by atoms with van der Waals surface area (Å²) in [6, 6.07) is 15.3. The molecule has 9 heteroatoms. The van der Waals surface area contributed by atoms with Gasteiger partial charge in [0.25, 0.3) is 5.56 Å². The number of anilines is 1. The van der Waals surface area contributed by atoms with E-state index < -0.39 is 0 Å². The topological polar surface area (TPSA) is 69.3 Å². The number of amides is 1. The monoisotopic (exact) mass is 502 g/mol. The van der Waals surface area contributed by atoms with E-state index in [1.807, 2.05) is 53.4 Å². The van der Waals surface area contributed by atoms with Crippen molar-refractivity contribution in [1.82, 2.24) is 14.9 Å². The van der Waals surface area contributed by atoms with Gasteiger partial charge >= 0.3 is 0 Å². The molecular formula is C24H24Cl2N4O2S. The number of benzene rings is 2. The summed E-state index contributed by atoms with van der Waals surface area (Å²) >= 11 is 13.6. The van der Waals surface area contributed by atoms with Gasteiger partial charge in [-0.15, -0.1) is 0 Å². The minimum absolute atomic E-state index is 0.0462. The Morgan fingerprint density at radius 3 is 2.42 bits per heavy atom. The van der Waals surface area contributed by atoms with Crippen LogP contribution in [0.25, 0.3) is 0 Å². The smallest absolute Gasteiger partial charge is 0.255 e.